The van der Waals surface area contributed by atoms with Crippen molar-refractivity contribution in [1.82, 2.24) is 19.8 Å². The summed E-state index contributed by atoms with van der Waals surface area (Å²) in [4.78, 5) is 27.5. The quantitative estimate of drug-likeness (QED) is 0.511. The maximum atomic E-state index is 12.7. The third kappa shape index (κ3) is 6.74. The minimum Gasteiger partial charge on any atom is -0.379 e. The summed E-state index contributed by atoms with van der Waals surface area (Å²) in [7, 11) is -3.54. The minimum absolute atomic E-state index is 0.197. The van der Waals surface area contributed by atoms with Gasteiger partial charge in [0.05, 0.1) is 18.1 Å². The first-order valence-corrected chi connectivity index (χ1v) is 12.8. The summed E-state index contributed by atoms with van der Waals surface area (Å²) in [5, 5.41) is 5.66. The van der Waals surface area contributed by atoms with Crippen LogP contribution in [0.4, 0.5) is 0 Å². The fourth-order valence-corrected chi connectivity index (χ4v) is 5.48. The third-order valence-corrected chi connectivity index (χ3v) is 7.92. The number of ether oxygens (including phenoxy) is 1. The molecular weight excluding hydrogens is 432 g/mol. The number of morpholine rings is 1. The molecule has 0 radical (unpaired) electrons. The van der Waals surface area contributed by atoms with Gasteiger partial charge in [-0.2, -0.15) is 4.31 Å². The van der Waals surface area contributed by atoms with E-state index in [1.807, 2.05) is 0 Å². The zero-order chi connectivity index (χ0) is 23.0. The van der Waals surface area contributed by atoms with Crippen LogP contribution >= 0.6 is 0 Å². The van der Waals surface area contributed by atoms with Crippen LogP contribution in [0.15, 0.2) is 35.2 Å². The normalized spacial score (nSPS) is 19.9. The van der Waals surface area contributed by atoms with Crippen LogP contribution in [-0.4, -0.2) is 88.0 Å². The van der Waals surface area contributed by atoms with Crippen molar-refractivity contribution in [3.8, 4) is 0 Å². The number of nitrogens with one attached hydrogen (secondary N) is 2. The third-order valence-electron chi connectivity index (χ3n) is 6.01. The van der Waals surface area contributed by atoms with Crippen molar-refractivity contribution in [2.75, 3.05) is 52.5 Å². The zero-order valence-corrected chi connectivity index (χ0v) is 19.5. The van der Waals surface area contributed by atoms with E-state index in [0.29, 0.717) is 19.4 Å². The van der Waals surface area contributed by atoms with Gasteiger partial charge in [-0.25, -0.2) is 8.42 Å². The van der Waals surface area contributed by atoms with Gasteiger partial charge in [-0.3, -0.25) is 14.5 Å². The molecule has 0 spiro atoms. The number of carbonyl (C=O) groups excluding carboxylic acids is 2. The summed E-state index contributed by atoms with van der Waals surface area (Å²) >= 11 is 0. The average molecular weight is 467 g/mol. The number of benzene rings is 1. The molecule has 2 saturated heterocycles. The van der Waals surface area contributed by atoms with Gasteiger partial charge in [0, 0.05) is 38.6 Å². The first-order chi connectivity index (χ1) is 15.4. The second-order valence-corrected chi connectivity index (χ2v) is 10.3. The molecule has 3 rings (SSSR count). The Bertz CT molecular complexity index is 850. The van der Waals surface area contributed by atoms with E-state index in [2.05, 4.69) is 15.5 Å². The minimum atomic E-state index is -3.54. The highest BCUT2D eigenvalue weighted by molar-refractivity contribution is 7.89. The lowest BCUT2D eigenvalue weighted by Crippen LogP contribution is -2.49. The molecule has 0 aliphatic carbocycles. The molecule has 178 valence electrons. The molecule has 0 aromatic heterocycles. The van der Waals surface area contributed by atoms with Gasteiger partial charge in [0.2, 0.25) is 21.8 Å². The smallest absolute Gasteiger partial charge is 0.243 e. The average Bonchev–Trinajstić information content (AvgIpc) is 2.83. The van der Waals surface area contributed by atoms with Crippen LogP contribution in [-0.2, 0) is 24.3 Å². The molecule has 10 heteroatoms. The Hall–Kier alpha value is -2.01. The SMILES string of the molecule is C[C@@H](NC(=O)C1CCN(S(=O)(=O)c2ccccc2)CC1)C(=O)NCCCN1CCOCC1. The summed E-state index contributed by atoms with van der Waals surface area (Å²) in [6, 6.07) is 7.70. The maximum absolute atomic E-state index is 12.7. The van der Waals surface area contributed by atoms with E-state index in [1.54, 1.807) is 37.3 Å². The topological polar surface area (TPSA) is 108 Å². The van der Waals surface area contributed by atoms with E-state index >= 15 is 0 Å². The Kier molecular flexibility index (Phi) is 9.03. The van der Waals surface area contributed by atoms with E-state index < -0.39 is 16.1 Å². The van der Waals surface area contributed by atoms with Gasteiger partial charge in [-0.05, 0) is 44.9 Å². The van der Waals surface area contributed by atoms with Gasteiger partial charge < -0.3 is 15.4 Å². The molecule has 0 bridgehead atoms. The largest absolute Gasteiger partial charge is 0.379 e. The van der Waals surface area contributed by atoms with Crippen molar-refractivity contribution < 1.29 is 22.7 Å². The van der Waals surface area contributed by atoms with Crippen LogP contribution in [0, 0.1) is 5.92 Å². The standard InChI is InChI=1S/C22H34N4O5S/c1-18(21(27)23-10-5-11-25-14-16-31-17-15-25)24-22(28)19-8-12-26(13-9-19)32(29,30)20-6-3-2-4-7-20/h2-4,6-7,18-19H,5,8-17H2,1H3,(H,23,27)(H,24,28)/t18-/m1/s1. The zero-order valence-electron chi connectivity index (χ0n) is 18.7. The Balaban J connectivity index is 1.37. The van der Waals surface area contributed by atoms with Crippen molar-refractivity contribution in [3.05, 3.63) is 30.3 Å². The molecular formula is C22H34N4O5S. The number of amides is 2. The van der Waals surface area contributed by atoms with Crippen LogP contribution in [0.2, 0.25) is 0 Å². The highest BCUT2D eigenvalue weighted by atomic mass is 32.2. The van der Waals surface area contributed by atoms with Gasteiger partial charge in [0.1, 0.15) is 6.04 Å². The van der Waals surface area contributed by atoms with Crippen molar-refractivity contribution >= 4 is 21.8 Å². The van der Waals surface area contributed by atoms with Crippen LogP contribution in [0.1, 0.15) is 26.2 Å². The number of hydrogen-bond acceptors (Lipinski definition) is 6. The lowest BCUT2D eigenvalue weighted by atomic mass is 9.97. The van der Waals surface area contributed by atoms with E-state index in [4.69, 9.17) is 4.74 Å². The van der Waals surface area contributed by atoms with Crippen molar-refractivity contribution in [1.29, 1.82) is 0 Å². The predicted molar refractivity (Wildman–Crippen MR) is 120 cm³/mol. The van der Waals surface area contributed by atoms with E-state index in [0.717, 1.165) is 39.3 Å². The molecule has 2 aliphatic rings. The van der Waals surface area contributed by atoms with E-state index in [9.17, 15) is 18.0 Å². The molecule has 2 heterocycles. The maximum Gasteiger partial charge on any atom is 0.243 e. The Morgan fingerprint density at radius 1 is 1.09 bits per heavy atom. The van der Waals surface area contributed by atoms with Gasteiger partial charge in [-0.15, -0.1) is 0 Å². The second kappa shape index (κ2) is 11.7. The Morgan fingerprint density at radius 3 is 2.41 bits per heavy atom. The molecule has 1 aromatic carbocycles. The summed E-state index contributed by atoms with van der Waals surface area (Å²) in [5.41, 5.74) is 0. The fourth-order valence-electron chi connectivity index (χ4n) is 3.99. The van der Waals surface area contributed by atoms with Crippen molar-refractivity contribution in [3.63, 3.8) is 0 Å². The molecule has 9 nitrogen and oxygen atoms in total. The summed E-state index contributed by atoms with van der Waals surface area (Å²) in [6.45, 7) is 7.08. The lowest BCUT2D eigenvalue weighted by Gasteiger charge is -2.31. The number of piperidine rings is 1. The van der Waals surface area contributed by atoms with E-state index in [1.165, 1.54) is 4.31 Å². The van der Waals surface area contributed by atoms with Crippen LogP contribution in [0.5, 0.6) is 0 Å². The number of sulfonamides is 1. The molecule has 1 aromatic rings. The summed E-state index contributed by atoms with van der Waals surface area (Å²) < 4.78 is 32.2. The molecule has 0 unspecified atom stereocenters. The molecule has 2 amide bonds. The van der Waals surface area contributed by atoms with Gasteiger partial charge in [0.25, 0.3) is 0 Å². The highest BCUT2D eigenvalue weighted by Crippen LogP contribution is 2.24. The molecule has 32 heavy (non-hydrogen) atoms. The first kappa shape index (κ1) is 24.6. The number of carbonyl (C=O) groups is 2. The lowest BCUT2D eigenvalue weighted by molar-refractivity contribution is -0.131. The molecule has 2 aliphatic heterocycles. The van der Waals surface area contributed by atoms with Crippen LogP contribution in [0.25, 0.3) is 0 Å². The van der Waals surface area contributed by atoms with E-state index in [-0.39, 0.29) is 35.7 Å². The Labute approximate surface area is 190 Å². The highest BCUT2D eigenvalue weighted by Gasteiger charge is 2.32. The van der Waals surface area contributed by atoms with Crippen molar-refractivity contribution in [2.24, 2.45) is 5.92 Å². The Morgan fingerprint density at radius 2 is 1.75 bits per heavy atom. The molecule has 0 saturated carbocycles. The monoisotopic (exact) mass is 466 g/mol. The summed E-state index contributed by atoms with van der Waals surface area (Å²) in [5.74, 6) is -0.698. The van der Waals surface area contributed by atoms with Crippen molar-refractivity contribution in [2.45, 2.75) is 37.1 Å². The molecule has 2 fully saturated rings. The summed E-state index contributed by atoms with van der Waals surface area (Å²) in [6.07, 6.45) is 1.72. The number of nitrogens with zero attached hydrogens (tertiary/aromatic N) is 2. The second-order valence-electron chi connectivity index (χ2n) is 8.32. The first-order valence-electron chi connectivity index (χ1n) is 11.3. The van der Waals surface area contributed by atoms with Gasteiger partial charge >= 0.3 is 0 Å². The number of hydrogen-bond donors (Lipinski definition) is 2. The van der Waals surface area contributed by atoms with Crippen LogP contribution in [0.3, 0.4) is 0 Å². The molecule has 1 atom stereocenters. The van der Waals surface area contributed by atoms with Gasteiger partial charge in [0.15, 0.2) is 0 Å². The fraction of sp³-hybridized carbons (Fsp3) is 0.636. The van der Waals surface area contributed by atoms with Crippen LogP contribution < -0.4 is 10.6 Å². The molecule has 2 N–H and O–H groups in total. The van der Waals surface area contributed by atoms with Gasteiger partial charge in [-0.1, -0.05) is 18.2 Å². The number of rotatable bonds is 9. The predicted octanol–water partition coefficient (Wildman–Crippen LogP) is 0.431.